The molecule has 1 saturated carbocycles. The van der Waals surface area contributed by atoms with Gasteiger partial charge in [0.15, 0.2) is 5.78 Å². The molecule has 0 aromatic heterocycles. The molecule has 1 aliphatic carbocycles. The fraction of sp³-hybridized carbons (Fsp3) is 0.875. The summed E-state index contributed by atoms with van der Waals surface area (Å²) in [5, 5.41) is 8.53. The molecule has 0 bridgehead atoms. The van der Waals surface area contributed by atoms with E-state index in [1.807, 2.05) is 13.8 Å². The van der Waals surface area contributed by atoms with Crippen LogP contribution < -0.4 is 0 Å². The van der Waals surface area contributed by atoms with Crippen LogP contribution in [0.4, 0.5) is 0 Å². The monoisotopic (exact) mass is 176 g/mol. The topological polar surface area (TPSA) is 37.3 Å². The van der Waals surface area contributed by atoms with Crippen LogP contribution in [0.2, 0.25) is 0 Å². The van der Waals surface area contributed by atoms with Gasteiger partial charge in [-0.25, -0.2) is 0 Å². The van der Waals surface area contributed by atoms with Gasteiger partial charge in [-0.2, -0.15) is 0 Å². The first-order valence-corrected chi connectivity index (χ1v) is 4.25. The Morgan fingerprint density at radius 1 is 1.64 bits per heavy atom. The summed E-state index contributed by atoms with van der Waals surface area (Å²) in [4.78, 5) is 11.4. The van der Waals surface area contributed by atoms with Gasteiger partial charge in [-0.05, 0) is 12.8 Å². The Bertz CT molecular complexity index is 177. The van der Waals surface area contributed by atoms with Crippen molar-refractivity contribution in [1.29, 1.82) is 0 Å². The highest BCUT2D eigenvalue weighted by molar-refractivity contribution is 6.32. The van der Waals surface area contributed by atoms with Crippen LogP contribution in [0.5, 0.6) is 0 Å². The van der Waals surface area contributed by atoms with Crippen molar-refractivity contribution >= 4 is 17.4 Å². The number of aliphatic hydroxyl groups excluding tert-OH is 1. The fourth-order valence-corrected chi connectivity index (χ4v) is 1.75. The third-order valence-corrected chi connectivity index (χ3v) is 2.81. The molecule has 0 amide bonds. The fourth-order valence-electron chi connectivity index (χ4n) is 1.33. The molecule has 0 unspecified atom stereocenters. The molecule has 11 heavy (non-hydrogen) atoms. The van der Waals surface area contributed by atoms with Gasteiger partial charge >= 0.3 is 0 Å². The molecule has 0 spiro atoms. The van der Waals surface area contributed by atoms with Gasteiger partial charge in [-0.3, -0.25) is 4.79 Å². The number of aliphatic hydroxyl groups is 1. The lowest BCUT2D eigenvalue weighted by Crippen LogP contribution is -2.44. The Morgan fingerprint density at radius 2 is 2.18 bits per heavy atom. The maximum absolute atomic E-state index is 11.4. The van der Waals surface area contributed by atoms with E-state index in [1.54, 1.807) is 0 Å². The van der Waals surface area contributed by atoms with E-state index in [1.165, 1.54) is 0 Å². The molecule has 1 rings (SSSR count). The van der Waals surface area contributed by atoms with Crippen LogP contribution in [-0.4, -0.2) is 22.4 Å². The average molecular weight is 177 g/mol. The van der Waals surface area contributed by atoms with Gasteiger partial charge in [0.1, 0.15) is 5.38 Å². The van der Waals surface area contributed by atoms with E-state index < -0.39 is 11.5 Å². The minimum atomic E-state index is -0.696. The van der Waals surface area contributed by atoms with Crippen molar-refractivity contribution in [1.82, 2.24) is 0 Å². The molecule has 1 aliphatic rings. The first-order valence-electron chi connectivity index (χ1n) is 3.81. The predicted octanol–water partition coefficient (Wildman–Crippen LogP) is 1.34. The van der Waals surface area contributed by atoms with Gasteiger partial charge in [0.25, 0.3) is 0 Å². The van der Waals surface area contributed by atoms with E-state index in [9.17, 15) is 9.90 Å². The van der Waals surface area contributed by atoms with Gasteiger partial charge in [-0.15, -0.1) is 11.6 Å². The van der Waals surface area contributed by atoms with E-state index in [4.69, 9.17) is 11.6 Å². The molecule has 0 heterocycles. The summed E-state index contributed by atoms with van der Waals surface area (Å²) < 4.78 is 0. The van der Waals surface area contributed by atoms with Crippen molar-refractivity contribution in [2.24, 2.45) is 5.41 Å². The maximum atomic E-state index is 11.4. The van der Waals surface area contributed by atoms with Crippen molar-refractivity contribution in [2.75, 3.05) is 0 Å². The quantitative estimate of drug-likeness (QED) is 0.566. The Kier molecular flexibility index (Phi) is 2.26. The number of ketones is 1. The van der Waals surface area contributed by atoms with Crippen molar-refractivity contribution in [3.05, 3.63) is 0 Å². The van der Waals surface area contributed by atoms with Gasteiger partial charge in [0.2, 0.25) is 0 Å². The second kappa shape index (κ2) is 2.76. The van der Waals surface area contributed by atoms with Crippen molar-refractivity contribution in [3.8, 4) is 0 Å². The molecule has 0 radical (unpaired) electrons. The molecular weight excluding hydrogens is 164 g/mol. The summed E-state index contributed by atoms with van der Waals surface area (Å²) in [6, 6.07) is 0. The number of rotatable bonds is 0. The van der Waals surface area contributed by atoms with Gasteiger partial charge in [-0.1, -0.05) is 13.8 Å². The summed E-state index contributed by atoms with van der Waals surface area (Å²) in [6.07, 6.45) is 0.723. The zero-order valence-corrected chi connectivity index (χ0v) is 7.56. The number of Topliss-reactive ketones (excluding diaryl/α,β-unsaturated/α-hetero) is 1. The highest BCUT2D eigenvalue weighted by Gasteiger charge is 2.40. The van der Waals surface area contributed by atoms with Crippen LogP contribution in [0.3, 0.4) is 0 Å². The summed E-state index contributed by atoms with van der Waals surface area (Å²) in [5.41, 5.74) is -0.342. The number of carbonyl (C=O) groups excluding carboxylic acids is 1. The third-order valence-electron chi connectivity index (χ3n) is 2.32. The normalized spacial score (nSPS) is 37.3. The predicted molar refractivity (Wildman–Crippen MR) is 43.7 cm³/mol. The largest absolute Gasteiger partial charge is 0.391 e. The summed E-state index contributed by atoms with van der Waals surface area (Å²) in [5.74, 6) is -0.0297. The molecule has 2 nitrogen and oxygen atoms in total. The molecule has 0 aromatic carbocycles. The number of hydrogen-bond acceptors (Lipinski definition) is 2. The molecular formula is C8H13ClO2. The van der Waals surface area contributed by atoms with Gasteiger partial charge in [0.05, 0.1) is 6.10 Å². The standard InChI is InChI=1S/C8H13ClO2/c1-8(2)4-3-5(10)6(9)7(8)11/h5-6,10H,3-4H2,1-2H3/t5-,6-/m1/s1. The van der Waals surface area contributed by atoms with E-state index in [0.717, 1.165) is 6.42 Å². The zero-order valence-electron chi connectivity index (χ0n) is 6.80. The Hall–Kier alpha value is -0.0800. The van der Waals surface area contributed by atoms with Crippen LogP contribution in [0, 0.1) is 5.41 Å². The van der Waals surface area contributed by atoms with Crippen molar-refractivity contribution in [3.63, 3.8) is 0 Å². The third kappa shape index (κ3) is 1.57. The molecule has 0 aromatic rings. The van der Waals surface area contributed by atoms with Crippen LogP contribution in [0.1, 0.15) is 26.7 Å². The van der Waals surface area contributed by atoms with Crippen LogP contribution >= 0.6 is 11.6 Å². The van der Waals surface area contributed by atoms with Crippen molar-refractivity contribution in [2.45, 2.75) is 38.2 Å². The number of hydrogen-bond donors (Lipinski definition) is 1. The number of carbonyl (C=O) groups is 1. The SMILES string of the molecule is CC1(C)CC[C@@H](O)[C@@H](Cl)C1=O. The molecule has 1 N–H and O–H groups in total. The average Bonchev–Trinajstić information content (AvgIpc) is 1.95. The minimum Gasteiger partial charge on any atom is -0.391 e. The highest BCUT2D eigenvalue weighted by atomic mass is 35.5. The Morgan fingerprint density at radius 3 is 2.64 bits per heavy atom. The molecule has 3 heteroatoms. The first kappa shape index (κ1) is 9.01. The van der Waals surface area contributed by atoms with E-state index >= 15 is 0 Å². The smallest absolute Gasteiger partial charge is 0.158 e. The summed E-state index contributed by atoms with van der Waals surface area (Å²) in [6.45, 7) is 3.74. The summed E-state index contributed by atoms with van der Waals surface area (Å²) >= 11 is 5.70. The lowest BCUT2D eigenvalue weighted by Gasteiger charge is -2.33. The van der Waals surface area contributed by atoms with E-state index in [2.05, 4.69) is 0 Å². The summed E-state index contributed by atoms with van der Waals surface area (Å²) in [7, 11) is 0. The number of halogens is 1. The van der Waals surface area contributed by atoms with Gasteiger partial charge < -0.3 is 5.11 Å². The molecule has 1 fully saturated rings. The first-order chi connectivity index (χ1) is 4.95. The van der Waals surface area contributed by atoms with E-state index in [0.29, 0.717) is 6.42 Å². The Labute approximate surface area is 71.5 Å². The maximum Gasteiger partial charge on any atom is 0.158 e. The molecule has 0 saturated heterocycles. The van der Waals surface area contributed by atoms with Crippen LogP contribution in [0.25, 0.3) is 0 Å². The lowest BCUT2D eigenvalue weighted by molar-refractivity contribution is -0.132. The number of alkyl halides is 1. The zero-order chi connectivity index (χ0) is 8.65. The van der Waals surface area contributed by atoms with Gasteiger partial charge in [0, 0.05) is 5.41 Å². The lowest BCUT2D eigenvalue weighted by atomic mass is 9.75. The Balaban J connectivity index is 2.76. The minimum absolute atomic E-state index is 0.0297. The molecule has 2 atom stereocenters. The molecule has 64 valence electrons. The highest BCUT2D eigenvalue weighted by Crippen LogP contribution is 2.34. The van der Waals surface area contributed by atoms with Crippen molar-refractivity contribution < 1.29 is 9.90 Å². The van der Waals surface area contributed by atoms with E-state index in [-0.39, 0.29) is 11.2 Å². The second-order valence-electron chi connectivity index (χ2n) is 3.76. The second-order valence-corrected chi connectivity index (χ2v) is 4.23. The van der Waals surface area contributed by atoms with Crippen LogP contribution in [-0.2, 0) is 4.79 Å². The molecule has 0 aliphatic heterocycles. The van der Waals surface area contributed by atoms with Crippen LogP contribution in [0.15, 0.2) is 0 Å².